The van der Waals surface area contributed by atoms with Gasteiger partial charge >= 0.3 is 0 Å². The van der Waals surface area contributed by atoms with Gasteiger partial charge in [-0.25, -0.2) is 13.1 Å². The van der Waals surface area contributed by atoms with Crippen molar-refractivity contribution in [3.05, 3.63) is 59.7 Å². The summed E-state index contributed by atoms with van der Waals surface area (Å²) in [4.78, 5) is 19.6. The van der Waals surface area contributed by atoms with Gasteiger partial charge in [0, 0.05) is 63.5 Å². The average Bonchev–Trinajstić information content (AvgIpc) is 3.62. The Balaban J connectivity index is 1.12. The molecule has 8 heteroatoms. The molecule has 3 aliphatic rings. The smallest absolute Gasteiger partial charge is 0.240 e. The van der Waals surface area contributed by atoms with Crippen molar-refractivity contribution in [3.8, 4) is 0 Å². The molecular weight excluding hydrogens is 448 g/mol. The Morgan fingerprint density at radius 2 is 1.71 bits per heavy atom. The lowest BCUT2D eigenvalue weighted by molar-refractivity contribution is -0.120. The lowest BCUT2D eigenvalue weighted by Crippen LogP contribution is -2.48. The molecule has 2 aromatic carbocycles. The average molecular weight is 483 g/mol. The highest BCUT2D eigenvalue weighted by atomic mass is 32.2. The molecule has 2 fully saturated rings. The van der Waals surface area contributed by atoms with Crippen molar-refractivity contribution in [3.63, 3.8) is 0 Å². The summed E-state index contributed by atoms with van der Waals surface area (Å²) < 4.78 is 28.6. The number of nitrogens with one attached hydrogen (secondary N) is 1. The number of amides is 1. The number of nitrogens with zero attached hydrogens (tertiary/aromatic N) is 3. The predicted molar refractivity (Wildman–Crippen MR) is 133 cm³/mol. The van der Waals surface area contributed by atoms with Gasteiger partial charge in [-0.2, -0.15) is 0 Å². The normalized spacial score (nSPS) is 21.6. The summed E-state index contributed by atoms with van der Waals surface area (Å²) in [7, 11) is -3.58. The van der Waals surface area contributed by atoms with Gasteiger partial charge in [-0.05, 0) is 55.5 Å². The highest BCUT2D eigenvalue weighted by Crippen LogP contribution is 2.39. The number of piperazine rings is 1. The minimum Gasteiger partial charge on any atom is -0.309 e. The zero-order valence-corrected chi connectivity index (χ0v) is 20.6. The SMILES string of the molecule is CC1Cc2cc(S(=O)(=O)NCCN3CCN(Cc4ccccc4)CC3)ccc2N1C(=O)C1CC1. The lowest BCUT2D eigenvalue weighted by Gasteiger charge is -2.34. The summed E-state index contributed by atoms with van der Waals surface area (Å²) in [6.45, 7) is 7.94. The maximum atomic E-state index is 12.9. The Kier molecular flexibility index (Phi) is 6.75. The van der Waals surface area contributed by atoms with Crippen molar-refractivity contribution in [1.29, 1.82) is 0 Å². The maximum Gasteiger partial charge on any atom is 0.240 e. The van der Waals surface area contributed by atoms with Gasteiger partial charge in [-0.15, -0.1) is 0 Å². The monoisotopic (exact) mass is 482 g/mol. The summed E-state index contributed by atoms with van der Waals surface area (Å²) in [5, 5.41) is 0. The van der Waals surface area contributed by atoms with Crippen LogP contribution in [0.4, 0.5) is 5.69 Å². The first-order valence-corrected chi connectivity index (χ1v) is 13.8. The van der Waals surface area contributed by atoms with Gasteiger partial charge < -0.3 is 4.90 Å². The molecule has 1 saturated carbocycles. The maximum absolute atomic E-state index is 12.9. The lowest BCUT2D eigenvalue weighted by atomic mass is 10.1. The second-order valence-electron chi connectivity index (χ2n) is 9.83. The molecule has 0 radical (unpaired) electrons. The second kappa shape index (κ2) is 9.77. The summed E-state index contributed by atoms with van der Waals surface area (Å²) >= 11 is 0. The topological polar surface area (TPSA) is 73.0 Å². The molecule has 2 heterocycles. The second-order valence-corrected chi connectivity index (χ2v) is 11.6. The van der Waals surface area contributed by atoms with Crippen molar-refractivity contribution in [2.75, 3.05) is 44.2 Å². The largest absolute Gasteiger partial charge is 0.309 e. The standard InChI is InChI=1S/C26H34N4O3S/c1-20-17-23-18-24(9-10-25(23)30(20)26(31)22-7-8-22)34(32,33)27-11-12-28-13-15-29(16-14-28)19-21-5-3-2-4-6-21/h2-6,9-10,18,20,22,27H,7-8,11-17,19H2,1H3. The van der Waals surface area contributed by atoms with Crippen LogP contribution in [0.15, 0.2) is 53.4 Å². The molecule has 1 aliphatic carbocycles. The van der Waals surface area contributed by atoms with Crippen LogP contribution in [0.25, 0.3) is 0 Å². The van der Waals surface area contributed by atoms with Crippen molar-refractivity contribution in [2.45, 2.75) is 43.7 Å². The molecular formula is C26H34N4O3S. The summed E-state index contributed by atoms with van der Waals surface area (Å²) in [5.74, 6) is 0.336. The number of anilines is 1. The van der Waals surface area contributed by atoms with Crippen molar-refractivity contribution < 1.29 is 13.2 Å². The number of fused-ring (bicyclic) bond motifs is 1. The van der Waals surface area contributed by atoms with Crippen LogP contribution in [-0.4, -0.2) is 69.4 Å². The van der Waals surface area contributed by atoms with Crippen molar-refractivity contribution >= 4 is 21.6 Å². The molecule has 1 amide bonds. The Hall–Kier alpha value is -2.26. The summed E-state index contributed by atoms with van der Waals surface area (Å²) in [6.07, 6.45) is 2.64. The number of benzene rings is 2. The molecule has 1 saturated heterocycles. The Bertz CT molecular complexity index is 1130. The first kappa shape index (κ1) is 23.5. The summed E-state index contributed by atoms with van der Waals surface area (Å²) in [5.41, 5.74) is 3.14. The molecule has 0 spiro atoms. The molecule has 34 heavy (non-hydrogen) atoms. The fraction of sp³-hybridized carbons (Fsp3) is 0.500. The molecule has 1 N–H and O–H groups in total. The van der Waals surface area contributed by atoms with E-state index in [9.17, 15) is 13.2 Å². The molecule has 0 bridgehead atoms. The number of carbonyl (C=O) groups is 1. The van der Waals surface area contributed by atoms with Crippen LogP contribution in [-0.2, 0) is 27.8 Å². The molecule has 182 valence electrons. The Morgan fingerprint density at radius 3 is 2.41 bits per heavy atom. The fourth-order valence-corrected chi connectivity index (χ4v) is 6.14. The van der Waals surface area contributed by atoms with Crippen LogP contribution in [0.5, 0.6) is 0 Å². The number of rotatable bonds is 8. The van der Waals surface area contributed by atoms with Gasteiger partial charge in [0.25, 0.3) is 0 Å². The molecule has 1 unspecified atom stereocenters. The van der Waals surface area contributed by atoms with E-state index in [0.717, 1.165) is 56.8 Å². The molecule has 0 aromatic heterocycles. The third-order valence-corrected chi connectivity index (χ3v) is 8.63. The minimum absolute atomic E-state index is 0.0783. The van der Waals surface area contributed by atoms with Crippen LogP contribution in [0.1, 0.15) is 30.9 Å². The first-order valence-electron chi connectivity index (χ1n) is 12.3. The van der Waals surface area contributed by atoms with Gasteiger partial charge in [-0.3, -0.25) is 14.6 Å². The van der Waals surface area contributed by atoms with Crippen molar-refractivity contribution in [2.24, 2.45) is 5.92 Å². The Morgan fingerprint density at radius 1 is 1.00 bits per heavy atom. The number of carbonyl (C=O) groups excluding carboxylic acids is 1. The predicted octanol–water partition coefficient (Wildman–Crippen LogP) is 2.47. The number of hydrogen-bond acceptors (Lipinski definition) is 5. The van der Waals surface area contributed by atoms with E-state index >= 15 is 0 Å². The minimum atomic E-state index is -3.58. The van der Waals surface area contributed by atoms with Gasteiger partial charge in [0.05, 0.1) is 4.90 Å². The fourth-order valence-electron chi connectivity index (χ4n) is 5.07. The Labute approximate surface area is 202 Å². The van der Waals surface area contributed by atoms with E-state index in [0.29, 0.717) is 19.5 Å². The number of sulfonamides is 1. The van der Waals surface area contributed by atoms with Gasteiger partial charge in [0.15, 0.2) is 0 Å². The third-order valence-electron chi connectivity index (χ3n) is 7.17. The van der Waals surface area contributed by atoms with Gasteiger partial charge in [0.2, 0.25) is 15.9 Å². The van der Waals surface area contributed by atoms with E-state index in [2.05, 4.69) is 38.8 Å². The van der Waals surface area contributed by atoms with Crippen LogP contribution in [0.3, 0.4) is 0 Å². The van der Waals surface area contributed by atoms with Crippen LogP contribution >= 0.6 is 0 Å². The van der Waals surface area contributed by atoms with Crippen LogP contribution < -0.4 is 9.62 Å². The highest BCUT2D eigenvalue weighted by molar-refractivity contribution is 7.89. The summed E-state index contributed by atoms with van der Waals surface area (Å²) in [6, 6.07) is 15.8. The van der Waals surface area contributed by atoms with E-state index in [4.69, 9.17) is 0 Å². The van der Waals surface area contributed by atoms with E-state index in [1.54, 1.807) is 18.2 Å². The van der Waals surface area contributed by atoms with Gasteiger partial charge in [0.1, 0.15) is 0 Å². The van der Waals surface area contributed by atoms with Crippen molar-refractivity contribution in [1.82, 2.24) is 14.5 Å². The quantitative estimate of drug-likeness (QED) is 0.626. The van der Waals surface area contributed by atoms with E-state index in [1.165, 1.54) is 5.56 Å². The van der Waals surface area contributed by atoms with E-state index in [1.807, 2.05) is 17.9 Å². The van der Waals surface area contributed by atoms with E-state index in [-0.39, 0.29) is 22.8 Å². The molecule has 2 aliphatic heterocycles. The van der Waals surface area contributed by atoms with Crippen LogP contribution in [0.2, 0.25) is 0 Å². The third kappa shape index (κ3) is 5.20. The first-order chi connectivity index (χ1) is 16.4. The van der Waals surface area contributed by atoms with Crippen LogP contribution in [0, 0.1) is 5.92 Å². The number of hydrogen-bond donors (Lipinski definition) is 1. The molecule has 2 aromatic rings. The zero-order valence-electron chi connectivity index (χ0n) is 19.8. The zero-order chi connectivity index (χ0) is 23.7. The highest BCUT2D eigenvalue weighted by Gasteiger charge is 2.39. The molecule has 7 nitrogen and oxygen atoms in total. The van der Waals surface area contributed by atoms with E-state index < -0.39 is 10.0 Å². The van der Waals surface area contributed by atoms with Gasteiger partial charge in [-0.1, -0.05) is 30.3 Å². The molecule has 5 rings (SSSR count). The molecule has 1 atom stereocenters.